The SMILES string of the molecule is CC(C)CCc1nc(C(C)C)cn1C. The molecule has 0 bridgehead atoms. The second kappa shape index (κ2) is 4.63. The maximum Gasteiger partial charge on any atom is 0.108 e. The van der Waals surface area contributed by atoms with Crippen LogP contribution < -0.4 is 0 Å². The first-order valence-corrected chi connectivity index (χ1v) is 5.52. The molecular weight excluding hydrogens is 172 g/mol. The monoisotopic (exact) mass is 194 g/mol. The molecule has 2 heteroatoms. The Balaban J connectivity index is 2.67. The summed E-state index contributed by atoms with van der Waals surface area (Å²) in [6.45, 7) is 8.89. The number of hydrogen-bond acceptors (Lipinski definition) is 1. The Morgan fingerprint density at radius 2 is 1.93 bits per heavy atom. The quantitative estimate of drug-likeness (QED) is 0.720. The van der Waals surface area contributed by atoms with Crippen LogP contribution in [0.25, 0.3) is 0 Å². The zero-order valence-corrected chi connectivity index (χ0v) is 10.0. The molecule has 0 saturated heterocycles. The van der Waals surface area contributed by atoms with Gasteiger partial charge in [-0.05, 0) is 18.3 Å². The van der Waals surface area contributed by atoms with Crippen LogP contribution in [0.2, 0.25) is 0 Å². The largest absolute Gasteiger partial charge is 0.338 e. The molecule has 0 spiro atoms. The molecule has 0 fully saturated rings. The molecule has 0 aliphatic carbocycles. The van der Waals surface area contributed by atoms with Crippen molar-refractivity contribution in [2.45, 2.75) is 46.5 Å². The Morgan fingerprint density at radius 1 is 1.29 bits per heavy atom. The van der Waals surface area contributed by atoms with Gasteiger partial charge in [0.05, 0.1) is 5.69 Å². The third-order valence-corrected chi connectivity index (χ3v) is 2.53. The van der Waals surface area contributed by atoms with Gasteiger partial charge in [-0.3, -0.25) is 0 Å². The van der Waals surface area contributed by atoms with Crippen molar-refractivity contribution in [3.63, 3.8) is 0 Å². The number of rotatable bonds is 4. The van der Waals surface area contributed by atoms with E-state index in [1.807, 2.05) is 0 Å². The highest BCUT2D eigenvalue weighted by molar-refractivity contribution is 5.07. The molecule has 0 aliphatic rings. The summed E-state index contributed by atoms with van der Waals surface area (Å²) in [5.74, 6) is 2.52. The average Bonchev–Trinajstić information content (AvgIpc) is 2.43. The van der Waals surface area contributed by atoms with Crippen molar-refractivity contribution in [3.05, 3.63) is 17.7 Å². The van der Waals surface area contributed by atoms with Crippen molar-refractivity contribution in [1.29, 1.82) is 0 Å². The summed E-state index contributed by atoms with van der Waals surface area (Å²) in [6, 6.07) is 0. The van der Waals surface area contributed by atoms with Crippen LogP contribution >= 0.6 is 0 Å². The standard InChI is InChI=1S/C12H22N2/c1-9(2)6-7-12-13-11(10(3)4)8-14(12)5/h8-10H,6-7H2,1-5H3. The van der Waals surface area contributed by atoms with E-state index in [0.29, 0.717) is 5.92 Å². The minimum absolute atomic E-state index is 0.536. The maximum absolute atomic E-state index is 4.64. The lowest BCUT2D eigenvalue weighted by Gasteiger charge is -2.03. The van der Waals surface area contributed by atoms with Gasteiger partial charge >= 0.3 is 0 Å². The van der Waals surface area contributed by atoms with Crippen molar-refractivity contribution >= 4 is 0 Å². The van der Waals surface area contributed by atoms with E-state index in [2.05, 4.69) is 50.5 Å². The molecule has 0 atom stereocenters. The summed E-state index contributed by atoms with van der Waals surface area (Å²) in [7, 11) is 2.09. The van der Waals surface area contributed by atoms with Crippen LogP contribution in [0.4, 0.5) is 0 Å². The molecule has 0 aromatic carbocycles. The fourth-order valence-electron chi connectivity index (χ4n) is 1.46. The predicted molar refractivity (Wildman–Crippen MR) is 60.5 cm³/mol. The number of hydrogen-bond donors (Lipinski definition) is 0. The summed E-state index contributed by atoms with van der Waals surface area (Å²) in [6.07, 6.45) is 4.48. The van der Waals surface area contributed by atoms with Crippen molar-refractivity contribution in [2.24, 2.45) is 13.0 Å². The fourth-order valence-corrected chi connectivity index (χ4v) is 1.46. The Hall–Kier alpha value is -0.790. The lowest BCUT2D eigenvalue weighted by Crippen LogP contribution is -1.99. The number of aromatic nitrogens is 2. The normalized spacial score (nSPS) is 11.6. The fraction of sp³-hybridized carbons (Fsp3) is 0.750. The smallest absolute Gasteiger partial charge is 0.108 e. The molecule has 0 saturated carbocycles. The van der Waals surface area contributed by atoms with Crippen molar-refractivity contribution in [3.8, 4) is 0 Å². The van der Waals surface area contributed by atoms with Crippen molar-refractivity contribution in [2.75, 3.05) is 0 Å². The summed E-state index contributed by atoms with van der Waals surface area (Å²) >= 11 is 0. The third-order valence-electron chi connectivity index (χ3n) is 2.53. The van der Waals surface area contributed by atoms with Crippen LogP contribution in [0.1, 0.15) is 51.6 Å². The zero-order valence-electron chi connectivity index (χ0n) is 10.0. The molecule has 80 valence electrons. The van der Waals surface area contributed by atoms with Gasteiger partial charge in [0.15, 0.2) is 0 Å². The number of imidazole rings is 1. The lowest BCUT2D eigenvalue weighted by atomic mass is 10.1. The van der Waals surface area contributed by atoms with Crippen molar-refractivity contribution < 1.29 is 0 Å². The van der Waals surface area contributed by atoms with E-state index in [1.165, 1.54) is 17.9 Å². The van der Waals surface area contributed by atoms with Crippen LogP contribution in [0.15, 0.2) is 6.20 Å². The predicted octanol–water partition coefficient (Wildman–Crippen LogP) is 3.13. The minimum Gasteiger partial charge on any atom is -0.338 e. The van der Waals surface area contributed by atoms with E-state index < -0.39 is 0 Å². The molecule has 0 amide bonds. The molecule has 0 unspecified atom stereocenters. The van der Waals surface area contributed by atoms with Gasteiger partial charge in [0.1, 0.15) is 5.82 Å². The molecule has 1 heterocycles. The van der Waals surface area contributed by atoms with Gasteiger partial charge < -0.3 is 4.57 Å². The molecule has 1 aromatic rings. The summed E-state index contributed by atoms with van der Waals surface area (Å²) in [5.41, 5.74) is 1.21. The van der Waals surface area contributed by atoms with Gasteiger partial charge in [0.25, 0.3) is 0 Å². The number of aryl methyl sites for hydroxylation is 2. The van der Waals surface area contributed by atoms with Gasteiger partial charge in [-0.25, -0.2) is 4.98 Å². The van der Waals surface area contributed by atoms with Crippen LogP contribution in [0.5, 0.6) is 0 Å². The number of nitrogens with zero attached hydrogens (tertiary/aromatic N) is 2. The molecule has 0 N–H and O–H groups in total. The van der Waals surface area contributed by atoms with E-state index in [9.17, 15) is 0 Å². The Labute approximate surface area is 87.4 Å². The van der Waals surface area contributed by atoms with E-state index in [1.54, 1.807) is 0 Å². The second-order valence-electron chi connectivity index (χ2n) is 4.78. The van der Waals surface area contributed by atoms with Crippen LogP contribution in [-0.2, 0) is 13.5 Å². The van der Waals surface area contributed by atoms with Crippen LogP contribution in [0.3, 0.4) is 0 Å². The molecule has 0 radical (unpaired) electrons. The van der Waals surface area contributed by atoms with Gasteiger partial charge in [-0.2, -0.15) is 0 Å². The van der Waals surface area contributed by atoms with Gasteiger partial charge in [0, 0.05) is 19.7 Å². The Bertz CT molecular complexity index is 285. The molecule has 0 aliphatic heterocycles. The minimum atomic E-state index is 0.536. The van der Waals surface area contributed by atoms with E-state index in [-0.39, 0.29) is 0 Å². The molecule has 1 rings (SSSR count). The third kappa shape index (κ3) is 2.86. The second-order valence-corrected chi connectivity index (χ2v) is 4.78. The van der Waals surface area contributed by atoms with Gasteiger partial charge in [-0.15, -0.1) is 0 Å². The molecule has 14 heavy (non-hydrogen) atoms. The Kier molecular flexibility index (Phi) is 3.73. The molecule has 2 nitrogen and oxygen atoms in total. The first kappa shape index (κ1) is 11.3. The van der Waals surface area contributed by atoms with E-state index in [0.717, 1.165) is 12.3 Å². The summed E-state index contributed by atoms with van der Waals surface area (Å²) in [5, 5.41) is 0. The highest BCUT2D eigenvalue weighted by Gasteiger charge is 2.08. The zero-order chi connectivity index (χ0) is 10.7. The lowest BCUT2D eigenvalue weighted by molar-refractivity contribution is 0.566. The average molecular weight is 194 g/mol. The Morgan fingerprint density at radius 3 is 2.36 bits per heavy atom. The van der Waals surface area contributed by atoms with Gasteiger partial charge in [-0.1, -0.05) is 27.7 Å². The molecular formula is C12H22N2. The summed E-state index contributed by atoms with van der Waals surface area (Å²) in [4.78, 5) is 4.64. The van der Waals surface area contributed by atoms with Crippen LogP contribution in [0, 0.1) is 5.92 Å². The first-order chi connectivity index (χ1) is 6.50. The van der Waals surface area contributed by atoms with Gasteiger partial charge in [0.2, 0.25) is 0 Å². The first-order valence-electron chi connectivity index (χ1n) is 5.52. The van der Waals surface area contributed by atoms with Crippen molar-refractivity contribution in [1.82, 2.24) is 9.55 Å². The van der Waals surface area contributed by atoms with E-state index in [4.69, 9.17) is 0 Å². The van der Waals surface area contributed by atoms with E-state index >= 15 is 0 Å². The maximum atomic E-state index is 4.64. The summed E-state index contributed by atoms with van der Waals surface area (Å²) < 4.78 is 2.16. The highest BCUT2D eigenvalue weighted by Crippen LogP contribution is 2.15. The molecule has 1 aromatic heterocycles. The topological polar surface area (TPSA) is 17.8 Å². The van der Waals surface area contributed by atoms with Crippen LogP contribution in [-0.4, -0.2) is 9.55 Å². The highest BCUT2D eigenvalue weighted by atomic mass is 15.0.